The molecular formula is C12H20N6O2. The summed E-state index contributed by atoms with van der Waals surface area (Å²) in [7, 11) is 1.84. The van der Waals surface area contributed by atoms with Gasteiger partial charge in [0.25, 0.3) is 0 Å². The molecule has 1 N–H and O–H groups in total. The SMILES string of the molecule is Cn1nnnc1N1CCC(N2CCCC2C(=O)O)CC1. The van der Waals surface area contributed by atoms with E-state index >= 15 is 0 Å². The van der Waals surface area contributed by atoms with E-state index in [-0.39, 0.29) is 6.04 Å². The second kappa shape index (κ2) is 5.35. The van der Waals surface area contributed by atoms with Crippen LogP contribution in [0.5, 0.6) is 0 Å². The van der Waals surface area contributed by atoms with Crippen molar-refractivity contribution in [2.45, 2.75) is 37.8 Å². The van der Waals surface area contributed by atoms with Crippen molar-refractivity contribution in [2.24, 2.45) is 7.05 Å². The number of hydrogen-bond acceptors (Lipinski definition) is 6. The van der Waals surface area contributed by atoms with Gasteiger partial charge in [0.2, 0.25) is 5.95 Å². The lowest BCUT2D eigenvalue weighted by atomic mass is 10.0. The Hall–Kier alpha value is -1.70. The van der Waals surface area contributed by atoms with Crippen molar-refractivity contribution < 1.29 is 9.90 Å². The molecule has 8 nitrogen and oxygen atoms in total. The van der Waals surface area contributed by atoms with E-state index in [0.717, 1.165) is 51.3 Å². The molecule has 8 heteroatoms. The van der Waals surface area contributed by atoms with Gasteiger partial charge in [-0.2, -0.15) is 0 Å². The third-order valence-corrected chi connectivity index (χ3v) is 4.39. The van der Waals surface area contributed by atoms with E-state index in [9.17, 15) is 9.90 Å². The summed E-state index contributed by atoms with van der Waals surface area (Å²) in [6.45, 7) is 2.66. The van der Waals surface area contributed by atoms with Crippen LogP contribution in [0.3, 0.4) is 0 Å². The molecule has 3 heterocycles. The first kappa shape index (κ1) is 13.3. The quantitative estimate of drug-likeness (QED) is 0.815. The van der Waals surface area contributed by atoms with E-state index < -0.39 is 5.97 Å². The fourth-order valence-electron chi connectivity index (χ4n) is 3.38. The molecule has 0 aromatic carbocycles. The number of aliphatic carboxylic acids is 1. The van der Waals surface area contributed by atoms with Gasteiger partial charge in [-0.15, -0.1) is 0 Å². The number of carboxylic acid groups (broad SMARTS) is 1. The topological polar surface area (TPSA) is 87.4 Å². The smallest absolute Gasteiger partial charge is 0.320 e. The molecule has 1 atom stereocenters. The highest BCUT2D eigenvalue weighted by atomic mass is 16.4. The van der Waals surface area contributed by atoms with Crippen molar-refractivity contribution in [3.05, 3.63) is 0 Å². The molecule has 0 spiro atoms. The maximum atomic E-state index is 11.3. The molecule has 0 amide bonds. The lowest BCUT2D eigenvalue weighted by Gasteiger charge is -2.38. The summed E-state index contributed by atoms with van der Waals surface area (Å²) in [6, 6.07) is 0.0825. The van der Waals surface area contributed by atoms with Crippen LogP contribution >= 0.6 is 0 Å². The Balaban J connectivity index is 1.61. The van der Waals surface area contributed by atoms with Crippen LogP contribution in [0, 0.1) is 0 Å². The molecule has 0 radical (unpaired) electrons. The molecule has 3 rings (SSSR count). The Morgan fingerprint density at radius 3 is 2.60 bits per heavy atom. The lowest BCUT2D eigenvalue weighted by molar-refractivity contribution is -0.143. The number of anilines is 1. The Bertz CT molecular complexity index is 482. The number of aromatic nitrogens is 4. The highest BCUT2D eigenvalue weighted by Gasteiger charge is 2.37. The van der Waals surface area contributed by atoms with Gasteiger partial charge in [-0.05, 0) is 42.7 Å². The predicted molar refractivity (Wildman–Crippen MR) is 71.4 cm³/mol. The number of likely N-dealkylation sites (tertiary alicyclic amines) is 1. The second-order valence-electron chi connectivity index (χ2n) is 5.55. The summed E-state index contributed by atoms with van der Waals surface area (Å²) in [4.78, 5) is 15.6. The normalized spacial score (nSPS) is 25.2. The van der Waals surface area contributed by atoms with Crippen molar-refractivity contribution in [3.63, 3.8) is 0 Å². The van der Waals surface area contributed by atoms with E-state index in [1.54, 1.807) is 4.68 Å². The lowest BCUT2D eigenvalue weighted by Crippen LogP contribution is -2.49. The maximum Gasteiger partial charge on any atom is 0.320 e. The monoisotopic (exact) mass is 280 g/mol. The first-order valence-corrected chi connectivity index (χ1v) is 7.12. The van der Waals surface area contributed by atoms with Crippen molar-refractivity contribution in [2.75, 3.05) is 24.5 Å². The van der Waals surface area contributed by atoms with Crippen LogP contribution in [-0.2, 0) is 11.8 Å². The number of aryl methyl sites for hydroxylation is 1. The van der Waals surface area contributed by atoms with E-state index in [4.69, 9.17) is 0 Å². The van der Waals surface area contributed by atoms with E-state index in [1.165, 1.54) is 0 Å². The van der Waals surface area contributed by atoms with Gasteiger partial charge in [0.05, 0.1) is 0 Å². The van der Waals surface area contributed by atoms with Gasteiger partial charge in [-0.1, -0.05) is 5.10 Å². The minimum Gasteiger partial charge on any atom is -0.480 e. The van der Waals surface area contributed by atoms with Gasteiger partial charge in [-0.25, -0.2) is 4.68 Å². The number of piperidine rings is 1. The van der Waals surface area contributed by atoms with Crippen molar-refractivity contribution >= 4 is 11.9 Å². The molecule has 0 aliphatic carbocycles. The van der Waals surface area contributed by atoms with E-state index in [1.807, 2.05) is 7.05 Å². The number of tetrazole rings is 1. The largest absolute Gasteiger partial charge is 0.480 e. The first-order valence-electron chi connectivity index (χ1n) is 7.12. The molecular weight excluding hydrogens is 260 g/mol. The Morgan fingerprint density at radius 1 is 1.25 bits per heavy atom. The number of rotatable bonds is 3. The fourth-order valence-corrected chi connectivity index (χ4v) is 3.38. The van der Waals surface area contributed by atoms with E-state index in [0.29, 0.717) is 6.04 Å². The molecule has 1 aromatic rings. The molecule has 1 aromatic heterocycles. The molecule has 2 fully saturated rings. The summed E-state index contributed by atoms with van der Waals surface area (Å²) in [5.74, 6) is 0.113. The second-order valence-corrected chi connectivity index (χ2v) is 5.55. The van der Waals surface area contributed by atoms with Gasteiger partial charge in [-0.3, -0.25) is 9.69 Å². The van der Waals surface area contributed by atoms with Crippen LogP contribution in [0.25, 0.3) is 0 Å². The number of hydrogen-bond donors (Lipinski definition) is 1. The van der Waals surface area contributed by atoms with Crippen LogP contribution in [0.15, 0.2) is 0 Å². The predicted octanol–water partition coefficient (Wildman–Crippen LogP) is -0.272. The summed E-state index contributed by atoms with van der Waals surface area (Å²) >= 11 is 0. The summed E-state index contributed by atoms with van der Waals surface area (Å²) in [5, 5.41) is 20.8. The summed E-state index contributed by atoms with van der Waals surface area (Å²) < 4.78 is 1.68. The first-order chi connectivity index (χ1) is 9.66. The average Bonchev–Trinajstić information content (AvgIpc) is 3.07. The highest BCUT2D eigenvalue weighted by molar-refractivity contribution is 5.73. The van der Waals surface area contributed by atoms with Gasteiger partial charge in [0.1, 0.15) is 6.04 Å². The zero-order valence-corrected chi connectivity index (χ0v) is 11.6. The maximum absolute atomic E-state index is 11.3. The third kappa shape index (κ3) is 2.35. The molecule has 20 heavy (non-hydrogen) atoms. The zero-order valence-electron chi connectivity index (χ0n) is 11.6. The standard InChI is InChI=1S/C12H20N6O2/c1-16-12(13-14-15-16)17-7-4-9(5-8-17)18-6-2-3-10(18)11(19)20/h9-10H,2-8H2,1H3,(H,19,20). The van der Waals surface area contributed by atoms with Gasteiger partial charge >= 0.3 is 5.97 Å². The van der Waals surface area contributed by atoms with Gasteiger partial charge in [0, 0.05) is 26.2 Å². The summed E-state index contributed by atoms with van der Waals surface area (Å²) in [6.07, 6.45) is 3.71. The van der Waals surface area contributed by atoms with Crippen LogP contribution in [0.2, 0.25) is 0 Å². The van der Waals surface area contributed by atoms with Crippen molar-refractivity contribution in [1.29, 1.82) is 0 Å². The number of carbonyl (C=O) groups is 1. The fraction of sp³-hybridized carbons (Fsp3) is 0.833. The van der Waals surface area contributed by atoms with Crippen LogP contribution in [0.4, 0.5) is 5.95 Å². The van der Waals surface area contributed by atoms with Gasteiger partial charge in [0.15, 0.2) is 0 Å². The van der Waals surface area contributed by atoms with Gasteiger partial charge < -0.3 is 10.0 Å². The zero-order chi connectivity index (χ0) is 14.1. The molecule has 110 valence electrons. The average molecular weight is 280 g/mol. The van der Waals surface area contributed by atoms with Crippen LogP contribution in [0.1, 0.15) is 25.7 Å². The highest BCUT2D eigenvalue weighted by Crippen LogP contribution is 2.27. The van der Waals surface area contributed by atoms with Crippen LogP contribution in [-0.4, -0.2) is 67.9 Å². The Kier molecular flexibility index (Phi) is 3.56. The molecule has 2 saturated heterocycles. The minimum absolute atomic E-state index is 0.289. The number of nitrogens with zero attached hydrogens (tertiary/aromatic N) is 6. The molecule has 0 saturated carbocycles. The molecule has 2 aliphatic heterocycles. The molecule has 1 unspecified atom stereocenters. The van der Waals surface area contributed by atoms with Crippen LogP contribution < -0.4 is 4.90 Å². The Morgan fingerprint density at radius 2 is 2.00 bits per heavy atom. The van der Waals surface area contributed by atoms with E-state index in [2.05, 4.69) is 25.3 Å². The Labute approximate surface area is 117 Å². The number of carboxylic acids is 1. The minimum atomic E-state index is -0.678. The third-order valence-electron chi connectivity index (χ3n) is 4.39. The van der Waals surface area contributed by atoms with Crippen molar-refractivity contribution in [3.8, 4) is 0 Å². The van der Waals surface area contributed by atoms with Crippen molar-refractivity contribution in [1.82, 2.24) is 25.1 Å². The molecule has 2 aliphatic rings. The summed E-state index contributed by atoms with van der Waals surface area (Å²) in [5.41, 5.74) is 0. The molecule has 0 bridgehead atoms.